The van der Waals surface area contributed by atoms with Crippen molar-refractivity contribution in [3.05, 3.63) is 33.8 Å². The zero-order chi connectivity index (χ0) is 9.68. The van der Waals surface area contributed by atoms with Crippen molar-refractivity contribution in [2.45, 2.75) is 6.54 Å². The Labute approximate surface area is 87.1 Å². The van der Waals surface area contributed by atoms with Gasteiger partial charge in [0.15, 0.2) is 0 Å². The molecule has 1 aromatic carbocycles. The molecule has 1 aromatic rings. The molecule has 0 heterocycles. The van der Waals surface area contributed by atoms with Crippen LogP contribution in [0.5, 0.6) is 0 Å². The number of nitriles is 1. The Balaban J connectivity index is 2.59. The van der Waals surface area contributed by atoms with Gasteiger partial charge in [-0.05, 0) is 17.7 Å². The van der Waals surface area contributed by atoms with E-state index in [2.05, 4.69) is 5.32 Å². The van der Waals surface area contributed by atoms with E-state index in [-0.39, 0.29) is 0 Å². The Morgan fingerprint density at radius 2 is 2.08 bits per heavy atom. The van der Waals surface area contributed by atoms with Crippen molar-refractivity contribution in [2.24, 2.45) is 0 Å². The maximum absolute atomic E-state index is 8.28. The van der Waals surface area contributed by atoms with Crippen LogP contribution in [0.15, 0.2) is 18.2 Å². The van der Waals surface area contributed by atoms with Crippen molar-refractivity contribution in [1.29, 1.82) is 5.26 Å². The minimum Gasteiger partial charge on any atom is -0.300 e. The van der Waals surface area contributed by atoms with Crippen LogP contribution in [0.4, 0.5) is 0 Å². The smallest absolute Gasteiger partial charge is 0.0843 e. The summed E-state index contributed by atoms with van der Waals surface area (Å²) in [4.78, 5) is 0. The van der Waals surface area contributed by atoms with Crippen molar-refractivity contribution in [2.75, 3.05) is 6.54 Å². The lowest BCUT2D eigenvalue weighted by molar-refractivity contribution is 0.765. The summed E-state index contributed by atoms with van der Waals surface area (Å²) in [6.07, 6.45) is 0. The minimum absolute atomic E-state index is 0.334. The van der Waals surface area contributed by atoms with Crippen molar-refractivity contribution in [3.63, 3.8) is 0 Å². The van der Waals surface area contributed by atoms with Gasteiger partial charge >= 0.3 is 0 Å². The van der Waals surface area contributed by atoms with Crippen LogP contribution < -0.4 is 5.32 Å². The molecule has 0 aliphatic carbocycles. The molecule has 0 aliphatic heterocycles. The van der Waals surface area contributed by atoms with Crippen molar-refractivity contribution >= 4 is 23.2 Å². The predicted molar refractivity (Wildman–Crippen MR) is 53.8 cm³/mol. The molecule has 0 aliphatic rings. The second-order valence-corrected chi connectivity index (χ2v) is 3.32. The maximum atomic E-state index is 8.28. The first-order valence-corrected chi connectivity index (χ1v) is 4.51. The molecule has 0 fully saturated rings. The zero-order valence-electron chi connectivity index (χ0n) is 6.85. The molecule has 4 heteroatoms. The highest BCUT2D eigenvalue weighted by Crippen LogP contribution is 2.22. The number of hydrogen-bond donors (Lipinski definition) is 1. The predicted octanol–water partition coefficient (Wildman–Crippen LogP) is 2.61. The fourth-order valence-corrected chi connectivity index (χ4v) is 1.23. The first-order chi connectivity index (χ1) is 6.24. The second kappa shape index (κ2) is 5.08. The van der Waals surface area contributed by atoms with E-state index in [1.165, 1.54) is 0 Å². The Hall–Kier alpha value is -0.750. The molecule has 0 amide bonds. The summed E-state index contributed by atoms with van der Waals surface area (Å²) in [5, 5.41) is 12.3. The molecule has 0 radical (unpaired) electrons. The molecule has 0 unspecified atom stereocenters. The summed E-state index contributed by atoms with van der Waals surface area (Å²) < 4.78 is 0. The van der Waals surface area contributed by atoms with Crippen LogP contribution in [0.2, 0.25) is 10.0 Å². The van der Waals surface area contributed by atoms with Gasteiger partial charge in [0.05, 0.1) is 22.7 Å². The molecular formula is C9H8Cl2N2. The van der Waals surface area contributed by atoms with Crippen molar-refractivity contribution < 1.29 is 0 Å². The Morgan fingerprint density at radius 1 is 1.31 bits per heavy atom. The highest BCUT2D eigenvalue weighted by molar-refractivity contribution is 6.41. The molecule has 0 bridgehead atoms. The number of halogens is 2. The molecule has 1 rings (SSSR count). The highest BCUT2D eigenvalue weighted by atomic mass is 35.5. The van der Waals surface area contributed by atoms with E-state index in [1.807, 2.05) is 12.1 Å². The number of benzene rings is 1. The van der Waals surface area contributed by atoms with E-state index in [0.29, 0.717) is 23.1 Å². The number of nitrogens with zero attached hydrogens (tertiary/aromatic N) is 1. The molecule has 13 heavy (non-hydrogen) atoms. The van der Waals surface area contributed by atoms with E-state index < -0.39 is 0 Å². The van der Waals surface area contributed by atoms with Gasteiger partial charge in [0.2, 0.25) is 0 Å². The molecule has 2 nitrogen and oxygen atoms in total. The molecule has 0 atom stereocenters. The maximum Gasteiger partial charge on any atom is 0.0843 e. The number of hydrogen-bond acceptors (Lipinski definition) is 2. The summed E-state index contributed by atoms with van der Waals surface area (Å²) in [5.74, 6) is 0. The van der Waals surface area contributed by atoms with Crippen LogP contribution in [0.25, 0.3) is 0 Å². The third-order valence-corrected chi connectivity index (χ3v) is 2.26. The zero-order valence-corrected chi connectivity index (χ0v) is 8.36. The van der Waals surface area contributed by atoms with Gasteiger partial charge in [-0.3, -0.25) is 0 Å². The summed E-state index contributed by atoms with van der Waals surface area (Å²) >= 11 is 11.5. The van der Waals surface area contributed by atoms with Crippen LogP contribution in [0.3, 0.4) is 0 Å². The lowest BCUT2D eigenvalue weighted by atomic mass is 10.2. The van der Waals surface area contributed by atoms with E-state index in [1.54, 1.807) is 12.1 Å². The fourth-order valence-electron chi connectivity index (χ4n) is 0.912. The Kier molecular flexibility index (Phi) is 4.04. The number of rotatable bonds is 3. The normalized spacial score (nSPS) is 9.62. The van der Waals surface area contributed by atoms with Gasteiger partial charge in [0.25, 0.3) is 0 Å². The Bertz CT molecular complexity index is 331. The molecule has 1 N–H and O–H groups in total. The molecule has 0 saturated heterocycles. The summed E-state index contributed by atoms with van der Waals surface area (Å²) in [6, 6.07) is 7.40. The fraction of sp³-hybridized carbons (Fsp3) is 0.222. The highest BCUT2D eigenvalue weighted by Gasteiger charge is 1.98. The largest absolute Gasteiger partial charge is 0.300 e. The lowest BCUT2D eigenvalue weighted by Crippen LogP contribution is -2.12. The first-order valence-electron chi connectivity index (χ1n) is 3.75. The van der Waals surface area contributed by atoms with E-state index in [9.17, 15) is 0 Å². The average molecular weight is 215 g/mol. The van der Waals surface area contributed by atoms with Gasteiger partial charge < -0.3 is 5.32 Å². The summed E-state index contributed by atoms with van der Waals surface area (Å²) in [6.45, 7) is 0.963. The monoisotopic (exact) mass is 214 g/mol. The van der Waals surface area contributed by atoms with Gasteiger partial charge in [0.1, 0.15) is 0 Å². The lowest BCUT2D eigenvalue weighted by Gasteiger charge is -2.02. The number of nitrogens with one attached hydrogen (secondary N) is 1. The van der Waals surface area contributed by atoms with Crippen LogP contribution in [0.1, 0.15) is 5.56 Å². The van der Waals surface area contributed by atoms with Gasteiger partial charge in [-0.15, -0.1) is 0 Å². The summed E-state index contributed by atoms with van der Waals surface area (Å²) in [7, 11) is 0. The van der Waals surface area contributed by atoms with E-state index >= 15 is 0 Å². The topological polar surface area (TPSA) is 35.8 Å². The van der Waals surface area contributed by atoms with E-state index in [0.717, 1.165) is 5.56 Å². The summed E-state index contributed by atoms with van der Waals surface area (Å²) in [5.41, 5.74) is 1.02. The van der Waals surface area contributed by atoms with Gasteiger partial charge in [-0.2, -0.15) is 5.26 Å². The van der Waals surface area contributed by atoms with E-state index in [4.69, 9.17) is 28.5 Å². The van der Waals surface area contributed by atoms with Crippen LogP contribution in [-0.2, 0) is 6.54 Å². The average Bonchev–Trinajstić information content (AvgIpc) is 2.12. The second-order valence-electron chi connectivity index (χ2n) is 2.51. The van der Waals surface area contributed by atoms with Gasteiger partial charge in [0, 0.05) is 6.54 Å². The third kappa shape index (κ3) is 3.23. The Morgan fingerprint density at radius 3 is 2.69 bits per heavy atom. The molecule has 0 saturated carbocycles. The SMILES string of the molecule is N#CCNCc1ccc(Cl)c(Cl)c1. The quantitative estimate of drug-likeness (QED) is 0.621. The molecular weight excluding hydrogens is 207 g/mol. The standard InChI is InChI=1S/C9H8Cl2N2/c10-8-2-1-7(5-9(8)11)6-13-4-3-12/h1-2,5,13H,4,6H2. The molecule has 0 aromatic heterocycles. The first kappa shape index (κ1) is 10.3. The van der Waals surface area contributed by atoms with Crippen LogP contribution >= 0.6 is 23.2 Å². The van der Waals surface area contributed by atoms with Gasteiger partial charge in [-0.25, -0.2) is 0 Å². The van der Waals surface area contributed by atoms with Crippen molar-refractivity contribution in [1.82, 2.24) is 5.32 Å². The van der Waals surface area contributed by atoms with Crippen LogP contribution in [0, 0.1) is 11.3 Å². The molecule has 68 valence electrons. The van der Waals surface area contributed by atoms with Gasteiger partial charge in [-0.1, -0.05) is 29.3 Å². The van der Waals surface area contributed by atoms with Crippen molar-refractivity contribution in [3.8, 4) is 6.07 Å². The minimum atomic E-state index is 0.334. The third-order valence-electron chi connectivity index (χ3n) is 1.52. The van der Waals surface area contributed by atoms with Crippen LogP contribution in [-0.4, -0.2) is 6.54 Å². The molecule has 0 spiro atoms.